The molecule has 2 rings (SSSR count). The van der Waals surface area contributed by atoms with Gasteiger partial charge in [-0.1, -0.05) is 67.2 Å². The first-order chi connectivity index (χ1) is 13.6. The van der Waals surface area contributed by atoms with Crippen LogP contribution < -0.4 is 0 Å². The van der Waals surface area contributed by atoms with E-state index in [1.54, 1.807) is 6.92 Å². The minimum absolute atomic E-state index is 0.356. The van der Waals surface area contributed by atoms with E-state index in [0.29, 0.717) is 32.0 Å². The van der Waals surface area contributed by atoms with Gasteiger partial charge < -0.3 is 18.0 Å². The van der Waals surface area contributed by atoms with Gasteiger partial charge in [0.25, 0.3) is 0 Å². The molecule has 5 nitrogen and oxygen atoms in total. The van der Waals surface area contributed by atoms with Gasteiger partial charge in [-0.2, -0.15) is 0 Å². The van der Waals surface area contributed by atoms with Crippen molar-refractivity contribution in [1.82, 2.24) is 0 Å². The topological polar surface area (TPSA) is 54.0 Å². The van der Waals surface area contributed by atoms with Crippen LogP contribution in [0.25, 0.3) is 0 Å². The van der Waals surface area contributed by atoms with Crippen molar-refractivity contribution >= 4 is 15.5 Å². The van der Waals surface area contributed by atoms with Crippen molar-refractivity contribution in [3.05, 3.63) is 83.9 Å². The summed E-state index contributed by atoms with van der Waals surface area (Å²) in [7, 11) is -2.28. The van der Waals surface area contributed by atoms with Crippen LogP contribution in [0.4, 0.5) is 0 Å². The van der Waals surface area contributed by atoms with Crippen LogP contribution in [0.2, 0.25) is 0 Å². The third-order valence-corrected chi connectivity index (χ3v) is 5.22. The van der Waals surface area contributed by atoms with E-state index in [1.807, 2.05) is 60.7 Å². The lowest BCUT2D eigenvalue weighted by Gasteiger charge is -2.17. The SMILES string of the molecule is C=C(C)C(=O)OCCCCO[SiH](OCc1ccccc1)OCc1ccccc1. The van der Waals surface area contributed by atoms with E-state index in [4.69, 9.17) is 18.0 Å². The van der Waals surface area contributed by atoms with Gasteiger partial charge in [-0.05, 0) is 30.9 Å². The van der Waals surface area contributed by atoms with Crippen LogP contribution in [0.5, 0.6) is 0 Å². The highest BCUT2D eigenvalue weighted by Gasteiger charge is 2.16. The standard InChI is InChI=1S/C22H28O5Si/c1-19(2)22(23)24-15-9-10-16-25-28(26-17-20-11-5-3-6-12-20)27-18-21-13-7-4-8-14-21/h3-8,11-14,28H,1,9-10,15-18H2,2H3. The average Bonchev–Trinajstić information content (AvgIpc) is 2.73. The van der Waals surface area contributed by atoms with Gasteiger partial charge in [0.2, 0.25) is 0 Å². The van der Waals surface area contributed by atoms with E-state index >= 15 is 0 Å². The molecule has 0 atom stereocenters. The predicted octanol–water partition coefficient (Wildman–Crippen LogP) is 4.05. The molecule has 0 N–H and O–H groups in total. The summed E-state index contributed by atoms with van der Waals surface area (Å²) in [6.45, 7) is 6.98. The number of esters is 1. The van der Waals surface area contributed by atoms with Crippen LogP contribution in [0.15, 0.2) is 72.8 Å². The molecule has 0 aliphatic heterocycles. The number of unbranched alkanes of at least 4 members (excludes halogenated alkanes) is 1. The van der Waals surface area contributed by atoms with Gasteiger partial charge in [-0.25, -0.2) is 4.79 Å². The first-order valence-corrected chi connectivity index (χ1v) is 10.8. The molecule has 0 unspecified atom stereocenters. The third kappa shape index (κ3) is 9.10. The van der Waals surface area contributed by atoms with Crippen LogP contribution in [0.1, 0.15) is 30.9 Å². The number of benzene rings is 2. The highest BCUT2D eigenvalue weighted by atomic mass is 28.3. The predicted molar refractivity (Wildman–Crippen MR) is 111 cm³/mol. The molecule has 0 bridgehead atoms. The van der Waals surface area contributed by atoms with Gasteiger partial charge in [-0.15, -0.1) is 0 Å². The molecule has 0 saturated carbocycles. The molecule has 0 spiro atoms. The van der Waals surface area contributed by atoms with Crippen molar-refractivity contribution in [2.45, 2.75) is 33.0 Å². The van der Waals surface area contributed by atoms with Crippen molar-refractivity contribution in [1.29, 1.82) is 0 Å². The Hall–Kier alpha value is -2.25. The quantitative estimate of drug-likeness (QED) is 0.220. The highest BCUT2D eigenvalue weighted by molar-refractivity contribution is 6.36. The molecular weight excluding hydrogens is 372 g/mol. The van der Waals surface area contributed by atoms with Crippen LogP contribution in [-0.2, 0) is 36.0 Å². The van der Waals surface area contributed by atoms with Gasteiger partial charge in [0.05, 0.1) is 19.8 Å². The van der Waals surface area contributed by atoms with Crippen molar-refractivity contribution in [3.8, 4) is 0 Å². The number of hydrogen-bond acceptors (Lipinski definition) is 5. The highest BCUT2D eigenvalue weighted by Crippen LogP contribution is 2.08. The minimum Gasteiger partial charge on any atom is -0.462 e. The molecule has 0 fully saturated rings. The van der Waals surface area contributed by atoms with E-state index in [0.717, 1.165) is 24.0 Å². The molecule has 0 aliphatic rings. The maximum atomic E-state index is 11.3. The van der Waals surface area contributed by atoms with Gasteiger partial charge in [0.1, 0.15) is 0 Å². The molecule has 0 aliphatic carbocycles. The monoisotopic (exact) mass is 400 g/mol. The first-order valence-electron chi connectivity index (χ1n) is 9.40. The van der Waals surface area contributed by atoms with Crippen molar-refractivity contribution in [2.75, 3.05) is 13.2 Å². The summed E-state index contributed by atoms with van der Waals surface area (Å²) in [5.74, 6) is -0.356. The Balaban J connectivity index is 1.73. The third-order valence-electron chi connectivity index (χ3n) is 3.83. The fraction of sp³-hybridized carbons (Fsp3) is 0.318. The summed E-state index contributed by atoms with van der Waals surface area (Å²) >= 11 is 0. The summed E-state index contributed by atoms with van der Waals surface area (Å²) in [5.41, 5.74) is 2.57. The second-order valence-corrected chi connectivity index (χ2v) is 7.95. The normalized spacial score (nSPS) is 10.8. The first kappa shape index (κ1) is 22.0. The number of rotatable bonds is 13. The van der Waals surface area contributed by atoms with E-state index in [2.05, 4.69) is 6.58 Å². The molecule has 150 valence electrons. The molecule has 0 aromatic heterocycles. The average molecular weight is 401 g/mol. The Kier molecular flexibility index (Phi) is 10.2. The minimum atomic E-state index is -2.28. The molecule has 0 heterocycles. The number of carbonyl (C=O) groups excluding carboxylic acids is 1. The summed E-state index contributed by atoms with van der Waals surface area (Å²) in [5, 5.41) is 0. The zero-order valence-corrected chi connectivity index (χ0v) is 17.5. The summed E-state index contributed by atoms with van der Waals surface area (Å²) < 4.78 is 22.8. The Morgan fingerprint density at radius 2 is 1.32 bits per heavy atom. The zero-order valence-electron chi connectivity index (χ0n) is 16.3. The van der Waals surface area contributed by atoms with Crippen molar-refractivity contribution in [2.24, 2.45) is 0 Å². The fourth-order valence-corrected chi connectivity index (χ4v) is 3.60. The Bertz CT molecular complexity index is 662. The smallest absolute Gasteiger partial charge is 0.462 e. The summed E-state index contributed by atoms with van der Waals surface area (Å²) in [4.78, 5) is 11.3. The van der Waals surface area contributed by atoms with Crippen LogP contribution in [-0.4, -0.2) is 28.7 Å². The van der Waals surface area contributed by atoms with Crippen LogP contribution in [0, 0.1) is 0 Å². The molecule has 0 amide bonds. The van der Waals surface area contributed by atoms with Crippen LogP contribution >= 0.6 is 0 Å². The zero-order chi connectivity index (χ0) is 20.0. The van der Waals surface area contributed by atoms with Crippen molar-refractivity contribution in [3.63, 3.8) is 0 Å². The van der Waals surface area contributed by atoms with Crippen LogP contribution in [0.3, 0.4) is 0 Å². The lowest BCUT2D eigenvalue weighted by molar-refractivity contribution is -0.139. The molecular formula is C22H28O5Si. The largest absolute Gasteiger partial charge is 0.484 e. The molecule has 2 aromatic carbocycles. The van der Waals surface area contributed by atoms with Gasteiger partial charge in [-0.3, -0.25) is 0 Å². The maximum absolute atomic E-state index is 11.3. The molecule has 0 saturated heterocycles. The fourth-order valence-electron chi connectivity index (χ4n) is 2.29. The van der Waals surface area contributed by atoms with Crippen molar-refractivity contribution < 1.29 is 22.8 Å². The van der Waals surface area contributed by atoms with Gasteiger partial charge in [0.15, 0.2) is 0 Å². The lowest BCUT2D eigenvalue weighted by atomic mass is 10.2. The van der Waals surface area contributed by atoms with Gasteiger partial charge >= 0.3 is 15.5 Å². The molecule has 0 radical (unpaired) electrons. The summed E-state index contributed by atoms with van der Waals surface area (Å²) in [6, 6.07) is 19.9. The summed E-state index contributed by atoms with van der Waals surface area (Å²) in [6.07, 6.45) is 1.48. The Morgan fingerprint density at radius 1 is 0.821 bits per heavy atom. The number of ether oxygens (including phenoxy) is 1. The van der Waals surface area contributed by atoms with E-state index in [9.17, 15) is 4.79 Å². The second kappa shape index (κ2) is 13.0. The number of carbonyl (C=O) groups is 1. The maximum Gasteiger partial charge on any atom is 0.484 e. The van der Waals surface area contributed by atoms with E-state index in [1.165, 1.54) is 0 Å². The molecule has 28 heavy (non-hydrogen) atoms. The Morgan fingerprint density at radius 3 is 1.82 bits per heavy atom. The van der Waals surface area contributed by atoms with Gasteiger partial charge in [0, 0.05) is 12.2 Å². The lowest BCUT2D eigenvalue weighted by Crippen LogP contribution is -2.27. The number of hydrogen-bond donors (Lipinski definition) is 0. The van der Waals surface area contributed by atoms with E-state index < -0.39 is 9.53 Å². The Labute approximate surface area is 168 Å². The molecule has 2 aromatic rings. The second-order valence-electron chi connectivity index (χ2n) is 6.38. The van der Waals surface area contributed by atoms with E-state index in [-0.39, 0.29) is 5.97 Å². The molecule has 6 heteroatoms.